The van der Waals surface area contributed by atoms with Crippen LogP contribution in [0.15, 0.2) is 28.7 Å². The Morgan fingerprint density at radius 2 is 1.67 bits per heavy atom. The van der Waals surface area contributed by atoms with Crippen LogP contribution in [0.1, 0.15) is 45.7 Å². The molecule has 2 atom stereocenters. The molecule has 0 radical (unpaired) electrons. The second kappa shape index (κ2) is 9.18. The summed E-state index contributed by atoms with van der Waals surface area (Å²) < 4.78 is 1.02. The number of nitrogens with one attached hydrogen (secondary N) is 3. The Kier molecular flexibility index (Phi) is 7.90. The van der Waals surface area contributed by atoms with Crippen molar-refractivity contribution in [3.63, 3.8) is 0 Å². The van der Waals surface area contributed by atoms with Crippen LogP contribution in [-0.2, 0) is 9.59 Å². The van der Waals surface area contributed by atoms with E-state index in [0.717, 1.165) is 21.4 Å². The molecule has 0 heterocycles. The van der Waals surface area contributed by atoms with E-state index in [2.05, 4.69) is 26.6 Å². The molecule has 0 aliphatic carbocycles. The Morgan fingerprint density at radius 3 is 2.17 bits per heavy atom. The first-order valence-electron chi connectivity index (χ1n) is 8.28. The fourth-order valence-electron chi connectivity index (χ4n) is 2.43. The highest BCUT2D eigenvalue weighted by Gasteiger charge is 2.20. The number of hydrogen-bond donors (Lipinski definition) is 3. The summed E-state index contributed by atoms with van der Waals surface area (Å²) in [5, 5.41) is 5.96. The molecular formula is C18H29BrN3O2+. The molecule has 0 spiro atoms. The van der Waals surface area contributed by atoms with Crippen LogP contribution in [0.5, 0.6) is 0 Å². The number of amides is 2. The van der Waals surface area contributed by atoms with Crippen molar-refractivity contribution in [2.24, 2.45) is 0 Å². The Hall–Kier alpha value is -1.40. The van der Waals surface area contributed by atoms with Gasteiger partial charge in [0.15, 0.2) is 13.1 Å². The highest BCUT2D eigenvalue weighted by atomic mass is 79.9. The molecule has 0 saturated carbocycles. The number of quaternary nitrogens is 1. The van der Waals surface area contributed by atoms with Gasteiger partial charge in [-0.05, 0) is 44.9 Å². The number of carbonyl (C=O) groups excluding carboxylic acids is 2. The summed E-state index contributed by atoms with van der Waals surface area (Å²) in [5.41, 5.74) is 0.825. The van der Waals surface area contributed by atoms with Gasteiger partial charge in [-0.2, -0.15) is 0 Å². The number of likely N-dealkylation sites (N-methyl/N-ethyl adjacent to an activating group) is 1. The smallest absolute Gasteiger partial charge is 0.275 e. The highest BCUT2D eigenvalue weighted by molar-refractivity contribution is 9.10. The van der Waals surface area contributed by atoms with Gasteiger partial charge in [0.05, 0.1) is 13.1 Å². The SMILES string of the molecule is CC[C@H](NC(=O)C[NH+](C)CC(=O)NC(C)(C)C)c1ccc(Br)cc1. The van der Waals surface area contributed by atoms with Crippen molar-refractivity contribution in [1.82, 2.24) is 10.6 Å². The molecule has 6 heteroatoms. The average Bonchev–Trinajstić information content (AvgIpc) is 2.43. The van der Waals surface area contributed by atoms with Crippen molar-refractivity contribution >= 4 is 27.7 Å². The van der Waals surface area contributed by atoms with Gasteiger partial charge in [0.1, 0.15) is 0 Å². The summed E-state index contributed by atoms with van der Waals surface area (Å²) in [6.45, 7) is 8.41. The van der Waals surface area contributed by atoms with Crippen molar-refractivity contribution in [2.45, 2.75) is 45.7 Å². The maximum atomic E-state index is 12.3. The fourth-order valence-corrected chi connectivity index (χ4v) is 2.70. The molecule has 1 aromatic rings. The highest BCUT2D eigenvalue weighted by Crippen LogP contribution is 2.19. The first kappa shape index (κ1) is 20.6. The van der Waals surface area contributed by atoms with E-state index in [0.29, 0.717) is 0 Å². The van der Waals surface area contributed by atoms with E-state index in [-0.39, 0.29) is 36.5 Å². The van der Waals surface area contributed by atoms with E-state index in [1.165, 1.54) is 0 Å². The summed E-state index contributed by atoms with van der Waals surface area (Å²) in [5.74, 6) is -0.0985. The third-order valence-corrected chi connectivity index (χ3v) is 3.98. The van der Waals surface area contributed by atoms with Crippen LogP contribution in [0, 0.1) is 0 Å². The number of rotatable bonds is 7. The van der Waals surface area contributed by atoms with Gasteiger partial charge in [0.25, 0.3) is 11.8 Å². The lowest BCUT2D eigenvalue weighted by Crippen LogP contribution is -3.11. The number of benzene rings is 1. The van der Waals surface area contributed by atoms with Crippen LogP contribution < -0.4 is 15.5 Å². The number of hydrogen-bond acceptors (Lipinski definition) is 2. The van der Waals surface area contributed by atoms with Crippen molar-refractivity contribution in [3.05, 3.63) is 34.3 Å². The molecule has 134 valence electrons. The molecule has 0 saturated heterocycles. The summed E-state index contributed by atoms with van der Waals surface area (Å²) in [4.78, 5) is 25.0. The van der Waals surface area contributed by atoms with E-state index >= 15 is 0 Å². The maximum Gasteiger partial charge on any atom is 0.275 e. The fraction of sp³-hybridized carbons (Fsp3) is 0.556. The normalized spacial score (nSPS) is 13.9. The first-order chi connectivity index (χ1) is 11.1. The standard InChI is InChI=1S/C18H28BrN3O2/c1-6-15(13-7-9-14(19)10-8-13)20-16(23)11-22(5)12-17(24)21-18(2,3)4/h7-10,15H,6,11-12H2,1-5H3,(H,20,23)(H,21,24)/p+1/t15-/m0/s1. The minimum absolute atomic E-state index is 0.0122. The zero-order chi connectivity index (χ0) is 18.3. The van der Waals surface area contributed by atoms with E-state index in [1.54, 1.807) is 0 Å². The Balaban J connectivity index is 2.51. The summed E-state index contributed by atoms with van der Waals surface area (Å²) in [7, 11) is 1.85. The topological polar surface area (TPSA) is 62.6 Å². The molecule has 2 amide bonds. The second-order valence-corrected chi connectivity index (χ2v) is 8.10. The van der Waals surface area contributed by atoms with E-state index < -0.39 is 0 Å². The molecule has 3 N–H and O–H groups in total. The molecule has 0 aromatic heterocycles. The average molecular weight is 399 g/mol. The van der Waals surface area contributed by atoms with Gasteiger partial charge in [-0.25, -0.2) is 0 Å². The van der Waals surface area contributed by atoms with Crippen molar-refractivity contribution < 1.29 is 14.5 Å². The molecule has 0 bridgehead atoms. The molecule has 0 aliphatic heterocycles. The first-order valence-corrected chi connectivity index (χ1v) is 9.07. The van der Waals surface area contributed by atoms with Gasteiger partial charge in [-0.3, -0.25) is 9.59 Å². The summed E-state index contributed by atoms with van der Waals surface area (Å²) in [6.07, 6.45) is 0.816. The van der Waals surface area contributed by atoms with Crippen LogP contribution in [-0.4, -0.2) is 37.5 Å². The molecule has 24 heavy (non-hydrogen) atoms. The van der Waals surface area contributed by atoms with Gasteiger partial charge in [0, 0.05) is 10.0 Å². The van der Waals surface area contributed by atoms with Crippen LogP contribution in [0.25, 0.3) is 0 Å². The third kappa shape index (κ3) is 7.93. The zero-order valence-electron chi connectivity index (χ0n) is 15.2. The van der Waals surface area contributed by atoms with Crippen LogP contribution in [0.4, 0.5) is 0 Å². The molecule has 1 aromatic carbocycles. The van der Waals surface area contributed by atoms with Gasteiger partial charge >= 0.3 is 0 Å². The molecule has 1 rings (SSSR count). The lowest BCUT2D eigenvalue weighted by Gasteiger charge is -2.22. The van der Waals surface area contributed by atoms with Crippen LogP contribution >= 0.6 is 15.9 Å². The Morgan fingerprint density at radius 1 is 1.12 bits per heavy atom. The van der Waals surface area contributed by atoms with Gasteiger partial charge in [-0.15, -0.1) is 0 Å². The minimum atomic E-state index is -0.255. The lowest BCUT2D eigenvalue weighted by atomic mass is 10.0. The van der Waals surface area contributed by atoms with Crippen molar-refractivity contribution in [3.8, 4) is 0 Å². The molecule has 0 fully saturated rings. The largest absolute Gasteiger partial charge is 0.347 e. The quantitative estimate of drug-likeness (QED) is 0.650. The van der Waals surface area contributed by atoms with Crippen LogP contribution in [0.2, 0.25) is 0 Å². The summed E-state index contributed by atoms with van der Waals surface area (Å²) >= 11 is 3.42. The molecule has 0 aliphatic rings. The number of halogens is 1. The van der Waals surface area contributed by atoms with Gasteiger partial charge in [-0.1, -0.05) is 35.0 Å². The van der Waals surface area contributed by atoms with E-state index in [4.69, 9.17) is 0 Å². The lowest BCUT2D eigenvalue weighted by molar-refractivity contribution is -0.862. The second-order valence-electron chi connectivity index (χ2n) is 7.19. The summed E-state index contributed by atoms with van der Waals surface area (Å²) in [6, 6.07) is 7.94. The van der Waals surface area contributed by atoms with Gasteiger partial charge in [0.2, 0.25) is 0 Å². The predicted molar refractivity (Wildman–Crippen MR) is 99.8 cm³/mol. The number of carbonyl (C=O) groups is 2. The van der Waals surface area contributed by atoms with Crippen molar-refractivity contribution in [1.29, 1.82) is 0 Å². The van der Waals surface area contributed by atoms with E-state index in [1.807, 2.05) is 59.0 Å². The Labute approximate surface area is 153 Å². The minimum Gasteiger partial charge on any atom is -0.347 e. The molecular weight excluding hydrogens is 370 g/mol. The predicted octanol–water partition coefficient (Wildman–Crippen LogP) is 1.45. The monoisotopic (exact) mass is 398 g/mol. The van der Waals surface area contributed by atoms with Crippen LogP contribution in [0.3, 0.4) is 0 Å². The molecule has 5 nitrogen and oxygen atoms in total. The molecule has 1 unspecified atom stereocenters. The van der Waals surface area contributed by atoms with E-state index in [9.17, 15) is 9.59 Å². The zero-order valence-corrected chi connectivity index (χ0v) is 16.8. The van der Waals surface area contributed by atoms with Crippen molar-refractivity contribution in [2.75, 3.05) is 20.1 Å². The third-order valence-electron chi connectivity index (χ3n) is 3.45. The van der Waals surface area contributed by atoms with Gasteiger partial charge < -0.3 is 15.5 Å². The Bertz CT molecular complexity index is 552. The maximum absolute atomic E-state index is 12.3.